The number of rotatable bonds is 5. The third kappa shape index (κ3) is 4.08. The highest BCUT2D eigenvalue weighted by atomic mass is 79.9. The summed E-state index contributed by atoms with van der Waals surface area (Å²) < 4.78 is 28.0. The maximum absolute atomic E-state index is 13.5. The molecule has 1 heterocycles. The van der Waals surface area contributed by atoms with Gasteiger partial charge in [0.25, 0.3) is 0 Å². The molecule has 1 unspecified atom stereocenters. The fourth-order valence-electron chi connectivity index (χ4n) is 1.90. The monoisotopic (exact) mass is 340 g/mol. The minimum absolute atomic E-state index is 0.0492. The highest BCUT2D eigenvalue weighted by Gasteiger charge is 2.12. The van der Waals surface area contributed by atoms with Gasteiger partial charge in [-0.3, -0.25) is 4.98 Å². The molecule has 0 aliphatic rings. The molecule has 0 saturated heterocycles. The van der Waals surface area contributed by atoms with Crippen LogP contribution in [0.15, 0.2) is 41.0 Å². The second-order valence-corrected chi connectivity index (χ2v) is 5.57. The van der Waals surface area contributed by atoms with Crippen LogP contribution in [-0.2, 0) is 13.0 Å². The van der Waals surface area contributed by atoms with Gasteiger partial charge in [0.15, 0.2) is 0 Å². The minimum Gasteiger partial charge on any atom is -0.308 e. The van der Waals surface area contributed by atoms with Crippen molar-refractivity contribution in [2.24, 2.45) is 0 Å². The highest BCUT2D eigenvalue weighted by molar-refractivity contribution is 9.10. The summed E-state index contributed by atoms with van der Waals surface area (Å²) in [6.07, 6.45) is 2.02. The zero-order chi connectivity index (χ0) is 14.5. The first kappa shape index (κ1) is 15.1. The van der Waals surface area contributed by atoms with E-state index in [2.05, 4.69) is 26.2 Å². The van der Waals surface area contributed by atoms with Crippen molar-refractivity contribution < 1.29 is 8.78 Å². The van der Waals surface area contributed by atoms with Gasteiger partial charge in [-0.1, -0.05) is 6.07 Å². The lowest BCUT2D eigenvalue weighted by Crippen LogP contribution is -2.28. The molecule has 2 rings (SSSR count). The predicted octanol–water partition coefficient (Wildman–Crippen LogP) is 3.84. The van der Waals surface area contributed by atoms with Gasteiger partial charge in [0.2, 0.25) is 0 Å². The molecule has 5 heteroatoms. The van der Waals surface area contributed by atoms with Gasteiger partial charge >= 0.3 is 0 Å². The Kier molecular flexibility index (Phi) is 5.20. The number of hydrogen-bond donors (Lipinski definition) is 1. The SMILES string of the molecule is CC(Cc1c(F)cccc1F)NCc1ccc(Br)cn1. The van der Waals surface area contributed by atoms with Crippen LogP contribution in [0.2, 0.25) is 0 Å². The standard InChI is InChI=1S/C15H15BrF2N2/c1-10(7-13-14(17)3-2-4-15(13)18)19-9-12-6-5-11(16)8-20-12/h2-6,8,10,19H,7,9H2,1H3. The van der Waals surface area contributed by atoms with E-state index in [0.717, 1.165) is 10.2 Å². The van der Waals surface area contributed by atoms with E-state index < -0.39 is 11.6 Å². The maximum Gasteiger partial charge on any atom is 0.129 e. The molecule has 1 atom stereocenters. The molecule has 106 valence electrons. The van der Waals surface area contributed by atoms with Crippen LogP contribution in [0.25, 0.3) is 0 Å². The zero-order valence-electron chi connectivity index (χ0n) is 11.0. The van der Waals surface area contributed by atoms with Crippen LogP contribution < -0.4 is 5.32 Å². The first-order valence-electron chi connectivity index (χ1n) is 6.33. The van der Waals surface area contributed by atoms with Gasteiger partial charge in [-0.25, -0.2) is 8.78 Å². The van der Waals surface area contributed by atoms with E-state index in [4.69, 9.17) is 0 Å². The molecule has 0 saturated carbocycles. The maximum atomic E-state index is 13.5. The lowest BCUT2D eigenvalue weighted by molar-refractivity contribution is 0.497. The summed E-state index contributed by atoms with van der Waals surface area (Å²) in [7, 11) is 0. The molecule has 1 aromatic carbocycles. The quantitative estimate of drug-likeness (QED) is 0.894. The largest absolute Gasteiger partial charge is 0.308 e. The number of pyridine rings is 1. The first-order chi connectivity index (χ1) is 9.56. The average molecular weight is 341 g/mol. The van der Waals surface area contributed by atoms with Gasteiger partial charge in [-0.15, -0.1) is 0 Å². The van der Waals surface area contributed by atoms with E-state index in [9.17, 15) is 8.78 Å². The number of aromatic nitrogens is 1. The first-order valence-corrected chi connectivity index (χ1v) is 7.12. The molecule has 0 bridgehead atoms. The van der Waals surface area contributed by atoms with Gasteiger partial charge in [-0.2, -0.15) is 0 Å². The predicted molar refractivity (Wildman–Crippen MR) is 78.3 cm³/mol. The summed E-state index contributed by atoms with van der Waals surface area (Å²) in [5, 5.41) is 3.21. The van der Waals surface area contributed by atoms with Crippen LogP contribution in [0.3, 0.4) is 0 Å². The van der Waals surface area contributed by atoms with Crippen molar-refractivity contribution in [3.63, 3.8) is 0 Å². The normalized spacial score (nSPS) is 12.4. The van der Waals surface area contributed by atoms with E-state index >= 15 is 0 Å². The molecule has 2 nitrogen and oxygen atoms in total. The molecule has 1 aromatic heterocycles. The fraction of sp³-hybridized carbons (Fsp3) is 0.267. The second-order valence-electron chi connectivity index (χ2n) is 4.65. The van der Waals surface area contributed by atoms with E-state index in [1.165, 1.54) is 18.2 Å². The third-order valence-electron chi connectivity index (χ3n) is 2.99. The van der Waals surface area contributed by atoms with Crippen LogP contribution >= 0.6 is 15.9 Å². The highest BCUT2D eigenvalue weighted by Crippen LogP contribution is 2.14. The molecular weight excluding hydrogens is 326 g/mol. The van der Waals surface area contributed by atoms with Gasteiger partial charge in [-0.05, 0) is 53.5 Å². The van der Waals surface area contributed by atoms with Gasteiger partial charge in [0, 0.05) is 28.8 Å². The Morgan fingerprint density at radius 1 is 1.20 bits per heavy atom. The van der Waals surface area contributed by atoms with Crippen molar-refractivity contribution in [1.29, 1.82) is 0 Å². The molecule has 0 spiro atoms. The van der Waals surface area contributed by atoms with Gasteiger partial charge in [0.05, 0.1) is 5.69 Å². The lowest BCUT2D eigenvalue weighted by Gasteiger charge is -2.14. The Bertz CT molecular complexity index is 552. The van der Waals surface area contributed by atoms with Crippen molar-refractivity contribution in [2.75, 3.05) is 0 Å². The lowest BCUT2D eigenvalue weighted by atomic mass is 10.1. The number of halogens is 3. The van der Waals surface area contributed by atoms with Crippen molar-refractivity contribution in [1.82, 2.24) is 10.3 Å². The number of nitrogens with one attached hydrogen (secondary N) is 1. The summed E-state index contributed by atoms with van der Waals surface area (Å²) >= 11 is 3.32. The van der Waals surface area contributed by atoms with Crippen LogP contribution in [-0.4, -0.2) is 11.0 Å². The average Bonchev–Trinajstić information content (AvgIpc) is 2.42. The summed E-state index contributed by atoms with van der Waals surface area (Å²) in [5.74, 6) is -0.999. The third-order valence-corrected chi connectivity index (χ3v) is 3.46. The van der Waals surface area contributed by atoms with Gasteiger partial charge in [0.1, 0.15) is 11.6 Å². The molecule has 1 N–H and O–H groups in total. The molecule has 0 aliphatic heterocycles. The topological polar surface area (TPSA) is 24.9 Å². The van der Waals surface area contributed by atoms with Crippen molar-refractivity contribution in [3.05, 3.63) is 63.9 Å². The summed E-state index contributed by atoms with van der Waals surface area (Å²) in [4.78, 5) is 4.23. The molecule has 0 aliphatic carbocycles. The fourth-order valence-corrected chi connectivity index (χ4v) is 2.13. The smallest absolute Gasteiger partial charge is 0.129 e. The Balaban J connectivity index is 1.92. The molecular formula is C15H15BrF2N2. The Morgan fingerprint density at radius 3 is 2.50 bits per heavy atom. The molecule has 0 amide bonds. The molecule has 20 heavy (non-hydrogen) atoms. The van der Waals surface area contributed by atoms with Crippen molar-refractivity contribution in [2.45, 2.75) is 25.9 Å². The number of benzene rings is 1. The Morgan fingerprint density at radius 2 is 1.90 bits per heavy atom. The van der Waals surface area contributed by atoms with Crippen LogP contribution in [0.1, 0.15) is 18.2 Å². The second kappa shape index (κ2) is 6.90. The molecule has 0 radical (unpaired) electrons. The molecule has 0 fully saturated rings. The van der Waals surface area contributed by atoms with Crippen LogP contribution in [0.4, 0.5) is 8.78 Å². The summed E-state index contributed by atoms with van der Waals surface area (Å²) in [6, 6.07) is 7.69. The van der Waals surface area contributed by atoms with Crippen LogP contribution in [0, 0.1) is 11.6 Å². The van der Waals surface area contributed by atoms with Crippen molar-refractivity contribution >= 4 is 15.9 Å². The zero-order valence-corrected chi connectivity index (χ0v) is 12.6. The number of nitrogens with zero attached hydrogens (tertiary/aromatic N) is 1. The summed E-state index contributed by atoms with van der Waals surface area (Å²) in [5.41, 5.74) is 1.00. The van der Waals surface area contributed by atoms with Crippen LogP contribution in [0.5, 0.6) is 0 Å². The summed E-state index contributed by atoms with van der Waals surface area (Å²) in [6.45, 7) is 2.45. The van der Waals surface area contributed by atoms with E-state index in [1.54, 1.807) is 6.20 Å². The van der Waals surface area contributed by atoms with Crippen molar-refractivity contribution in [3.8, 4) is 0 Å². The van der Waals surface area contributed by atoms with E-state index in [1.807, 2.05) is 19.1 Å². The Hall–Kier alpha value is -1.33. The van der Waals surface area contributed by atoms with Gasteiger partial charge < -0.3 is 5.32 Å². The Labute approximate surface area is 125 Å². The minimum atomic E-state index is -0.500. The van der Waals surface area contributed by atoms with E-state index in [-0.39, 0.29) is 11.6 Å². The van der Waals surface area contributed by atoms with E-state index in [0.29, 0.717) is 13.0 Å². The number of hydrogen-bond acceptors (Lipinski definition) is 2. The molecule has 2 aromatic rings.